The number of nitrogens with zero attached hydrogens (tertiary/aromatic N) is 3. The quantitative estimate of drug-likeness (QED) is 0.613. The average Bonchev–Trinajstić information content (AvgIpc) is 3.29. The molecule has 3 aromatic rings. The number of sulfonamides is 1. The van der Waals surface area contributed by atoms with Crippen molar-refractivity contribution >= 4 is 21.6 Å². The molecule has 31 heavy (non-hydrogen) atoms. The van der Waals surface area contributed by atoms with E-state index in [9.17, 15) is 13.2 Å². The SMILES string of the molecule is NS(=O)(=O)c1ccc(NC(=O)C2CCN(Cc3ccc(-n4ccnc4)cc3)CC2)cc1. The van der Waals surface area contributed by atoms with Crippen LogP contribution in [0.2, 0.25) is 0 Å². The number of likely N-dealkylation sites (tertiary alicyclic amines) is 1. The molecule has 0 spiro atoms. The minimum absolute atomic E-state index is 0.0249. The molecular weight excluding hydrogens is 414 g/mol. The molecule has 0 unspecified atom stereocenters. The summed E-state index contributed by atoms with van der Waals surface area (Å²) in [6.45, 7) is 2.56. The van der Waals surface area contributed by atoms with Crippen molar-refractivity contribution in [3.8, 4) is 5.69 Å². The normalized spacial score (nSPS) is 15.6. The molecule has 8 nitrogen and oxygen atoms in total. The van der Waals surface area contributed by atoms with Crippen LogP contribution in [0.1, 0.15) is 18.4 Å². The van der Waals surface area contributed by atoms with Crippen LogP contribution >= 0.6 is 0 Å². The number of hydrogen-bond donors (Lipinski definition) is 2. The number of amides is 1. The maximum Gasteiger partial charge on any atom is 0.238 e. The lowest BCUT2D eigenvalue weighted by Gasteiger charge is -2.31. The number of carbonyl (C=O) groups excluding carboxylic acids is 1. The second-order valence-corrected chi connectivity index (χ2v) is 9.31. The lowest BCUT2D eigenvalue weighted by Crippen LogP contribution is -2.37. The van der Waals surface area contributed by atoms with Crippen molar-refractivity contribution in [2.45, 2.75) is 24.3 Å². The topological polar surface area (TPSA) is 110 Å². The van der Waals surface area contributed by atoms with Crippen molar-refractivity contribution in [3.05, 3.63) is 72.8 Å². The molecule has 2 aromatic carbocycles. The summed E-state index contributed by atoms with van der Waals surface area (Å²) < 4.78 is 24.6. The van der Waals surface area contributed by atoms with Crippen LogP contribution in [0.3, 0.4) is 0 Å². The minimum Gasteiger partial charge on any atom is -0.326 e. The Bertz CT molecular complexity index is 1120. The molecule has 1 aliphatic heterocycles. The Morgan fingerprint density at radius 2 is 1.74 bits per heavy atom. The number of rotatable bonds is 6. The standard InChI is InChI=1S/C22H25N5O3S/c23-31(29,30)21-7-3-19(4-8-21)25-22(28)18-9-12-26(13-10-18)15-17-1-5-20(6-2-17)27-14-11-24-16-27/h1-8,11,14,16,18H,9-10,12-13,15H2,(H,25,28)(H2,23,29,30). The highest BCUT2D eigenvalue weighted by Crippen LogP contribution is 2.22. The van der Waals surface area contributed by atoms with Crippen LogP contribution in [0.4, 0.5) is 5.69 Å². The third-order valence-corrected chi connectivity index (χ3v) is 6.48. The second-order valence-electron chi connectivity index (χ2n) is 7.75. The zero-order chi connectivity index (χ0) is 21.8. The third kappa shape index (κ3) is 5.38. The van der Waals surface area contributed by atoms with E-state index in [2.05, 4.69) is 39.5 Å². The number of anilines is 1. The lowest BCUT2D eigenvalue weighted by atomic mass is 9.95. The van der Waals surface area contributed by atoms with E-state index in [0.717, 1.165) is 38.2 Å². The maximum absolute atomic E-state index is 12.6. The van der Waals surface area contributed by atoms with E-state index >= 15 is 0 Å². The zero-order valence-electron chi connectivity index (χ0n) is 17.0. The molecule has 0 bridgehead atoms. The van der Waals surface area contributed by atoms with Gasteiger partial charge in [-0.2, -0.15) is 0 Å². The maximum atomic E-state index is 12.6. The molecule has 0 aliphatic carbocycles. The molecule has 9 heteroatoms. The van der Waals surface area contributed by atoms with Gasteiger partial charge in [0.25, 0.3) is 0 Å². The lowest BCUT2D eigenvalue weighted by molar-refractivity contribution is -0.121. The summed E-state index contributed by atoms with van der Waals surface area (Å²) in [6.07, 6.45) is 7.02. The fourth-order valence-electron chi connectivity index (χ4n) is 3.77. The van der Waals surface area contributed by atoms with Gasteiger partial charge in [0.2, 0.25) is 15.9 Å². The van der Waals surface area contributed by atoms with E-state index in [1.807, 2.05) is 10.8 Å². The zero-order valence-corrected chi connectivity index (χ0v) is 17.8. The molecular formula is C22H25N5O3S. The molecule has 2 heterocycles. The molecule has 1 fully saturated rings. The van der Waals surface area contributed by atoms with Crippen LogP contribution in [0.5, 0.6) is 0 Å². The molecule has 0 radical (unpaired) electrons. The predicted molar refractivity (Wildman–Crippen MR) is 118 cm³/mol. The molecule has 3 N–H and O–H groups in total. The molecule has 1 saturated heterocycles. The van der Waals surface area contributed by atoms with Gasteiger partial charge in [0.1, 0.15) is 0 Å². The second kappa shape index (κ2) is 9.01. The number of aromatic nitrogens is 2. The molecule has 1 aromatic heterocycles. The molecule has 162 valence electrons. The van der Waals surface area contributed by atoms with Crippen LogP contribution in [-0.2, 0) is 21.4 Å². The van der Waals surface area contributed by atoms with E-state index in [-0.39, 0.29) is 16.7 Å². The van der Waals surface area contributed by atoms with Gasteiger partial charge >= 0.3 is 0 Å². The molecule has 0 saturated carbocycles. The van der Waals surface area contributed by atoms with Gasteiger partial charge in [-0.1, -0.05) is 12.1 Å². The number of imidazole rings is 1. The highest BCUT2D eigenvalue weighted by atomic mass is 32.2. The minimum atomic E-state index is -3.74. The van der Waals surface area contributed by atoms with Gasteiger partial charge in [-0.15, -0.1) is 0 Å². The first kappa shape index (κ1) is 21.2. The van der Waals surface area contributed by atoms with Crippen molar-refractivity contribution in [2.75, 3.05) is 18.4 Å². The Labute approximate surface area is 181 Å². The summed E-state index contributed by atoms with van der Waals surface area (Å²) in [4.78, 5) is 19.0. The van der Waals surface area contributed by atoms with Gasteiger partial charge < -0.3 is 9.88 Å². The first-order valence-electron chi connectivity index (χ1n) is 10.1. The summed E-state index contributed by atoms with van der Waals surface area (Å²) in [6, 6.07) is 14.3. The van der Waals surface area contributed by atoms with Gasteiger partial charge in [-0.25, -0.2) is 18.5 Å². The fraction of sp³-hybridized carbons (Fsp3) is 0.273. The number of primary sulfonamides is 1. The summed E-state index contributed by atoms with van der Waals surface area (Å²) in [7, 11) is -3.74. The van der Waals surface area contributed by atoms with E-state index in [1.165, 1.54) is 17.7 Å². The molecule has 1 aliphatic rings. The summed E-state index contributed by atoms with van der Waals surface area (Å²) in [5.74, 6) is -0.0922. The van der Waals surface area contributed by atoms with E-state index in [1.54, 1.807) is 24.7 Å². The van der Waals surface area contributed by atoms with Crippen LogP contribution in [-0.4, -0.2) is 41.9 Å². The summed E-state index contributed by atoms with van der Waals surface area (Å²) in [5, 5.41) is 7.97. The Hall–Kier alpha value is -3.01. The number of hydrogen-bond acceptors (Lipinski definition) is 5. The highest BCUT2D eigenvalue weighted by Gasteiger charge is 2.25. The van der Waals surface area contributed by atoms with Crippen LogP contribution in [0.25, 0.3) is 5.69 Å². The van der Waals surface area contributed by atoms with E-state index < -0.39 is 10.0 Å². The number of nitrogens with two attached hydrogens (primary N) is 1. The molecule has 4 rings (SSSR count). The van der Waals surface area contributed by atoms with Gasteiger partial charge in [0.15, 0.2) is 0 Å². The van der Waals surface area contributed by atoms with Gasteiger partial charge in [-0.3, -0.25) is 9.69 Å². The van der Waals surface area contributed by atoms with Crippen molar-refractivity contribution in [3.63, 3.8) is 0 Å². The van der Waals surface area contributed by atoms with Crippen LogP contribution in [0.15, 0.2) is 72.1 Å². The largest absolute Gasteiger partial charge is 0.326 e. The van der Waals surface area contributed by atoms with Crippen LogP contribution in [0, 0.1) is 5.92 Å². The highest BCUT2D eigenvalue weighted by molar-refractivity contribution is 7.89. The number of benzene rings is 2. The summed E-state index contributed by atoms with van der Waals surface area (Å²) >= 11 is 0. The van der Waals surface area contributed by atoms with Crippen molar-refractivity contribution < 1.29 is 13.2 Å². The van der Waals surface area contributed by atoms with Gasteiger partial charge in [0, 0.05) is 36.2 Å². The van der Waals surface area contributed by atoms with E-state index in [0.29, 0.717) is 5.69 Å². The third-order valence-electron chi connectivity index (χ3n) is 5.55. The Morgan fingerprint density at radius 3 is 2.32 bits per heavy atom. The number of carbonyl (C=O) groups is 1. The molecule has 1 amide bonds. The number of nitrogens with one attached hydrogen (secondary N) is 1. The smallest absolute Gasteiger partial charge is 0.238 e. The van der Waals surface area contributed by atoms with Crippen molar-refractivity contribution in [1.29, 1.82) is 0 Å². The average molecular weight is 440 g/mol. The first-order valence-corrected chi connectivity index (χ1v) is 11.7. The summed E-state index contributed by atoms with van der Waals surface area (Å²) in [5.41, 5.74) is 2.88. The Balaban J connectivity index is 1.27. The molecule has 0 atom stereocenters. The fourth-order valence-corrected chi connectivity index (χ4v) is 4.28. The van der Waals surface area contributed by atoms with Gasteiger partial charge in [0.05, 0.1) is 11.2 Å². The predicted octanol–water partition coefficient (Wildman–Crippen LogP) is 2.37. The van der Waals surface area contributed by atoms with Gasteiger partial charge in [-0.05, 0) is 67.9 Å². The van der Waals surface area contributed by atoms with Crippen molar-refractivity contribution in [2.24, 2.45) is 11.1 Å². The number of piperidine rings is 1. The first-order chi connectivity index (χ1) is 14.9. The van der Waals surface area contributed by atoms with Crippen LogP contribution < -0.4 is 10.5 Å². The Kier molecular flexibility index (Phi) is 6.17. The van der Waals surface area contributed by atoms with Crippen molar-refractivity contribution in [1.82, 2.24) is 14.5 Å². The Morgan fingerprint density at radius 1 is 1.06 bits per heavy atom. The van der Waals surface area contributed by atoms with E-state index in [4.69, 9.17) is 5.14 Å². The monoisotopic (exact) mass is 439 g/mol.